The van der Waals surface area contributed by atoms with Gasteiger partial charge in [0.25, 0.3) is 0 Å². The number of aliphatic hydroxyl groups is 2. The molecule has 7 heteroatoms. The normalized spacial score (nSPS) is 12.0. The van der Waals surface area contributed by atoms with Gasteiger partial charge in [0.1, 0.15) is 11.6 Å². The molecule has 0 radical (unpaired) electrons. The van der Waals surface area contributed by atoms with E-state index in [1.54, 1.807) is 13.8 Å². The molecule has 4 nitrogen and oxygen atoms in total. The van der Waals surface area contributed by atoms with E-state index >= 15 is 0 Å². The predicted molar refractivity (Wildman–Crippen MR) is 65.7 cm³/mol. The van der Waals surface area contributed by atoms with Crippen LogP contribution in [-0.2, 0) is 30.4 Å². The predicted octanol–water partition coefficient (Wildman–Crippen LogP) is 2.07. The van der Waals surface area contributed by atoms with Crippen molar-refractivity contribution in [3.8, 4) is 0 Å². The van der Waals surface area contributed by atoms with E-state index in [0.29, 0.717) is 0 Å². The molecule has 0 heterocycles. The Morgan fingerprint density at radius 3 is 1.18 bits per heavy atom. The molecule has 0 aliphatic heterocycles. The van der Waals surface area contributed by atoms with Crippen molar-refractivity contribution in [1.82, 2.24) is 0 Å². The van der Waals surface area contributed by atoms with Crippen molar-refractivity contribution in [3.63, 3.8) is 0 Å². The van der Waals surface area contributed by atoms with E-state index in [1.807, 2.05) is 0 Å². The minimum absolute atomic E-state index is 0.0370. The zero-order valence-corrected chi connectivity index (χ0v) is 14.5. The number of carbonyl (C=O) groups excluding carboxylic acids is 2. The second kappa shape index (κ2) is 16.7. The molecule has 0 bridgehead atoms. The van der Waals surface area contributed by atoms with Gasteiger partial charge in [0.05, 0.1) is 12.2 Å². The van der Waals surface area contributed by atoms with Crippen molar-refractivity contribution >= 4 is 28.6 Å². The van der Waals surface area contributed by atoms with E-state index in [-0.39, 0.29) is 24.4 Å². The molecule has 0 spiro atoms. The van der Waals surface area contributed by atoms with Gasteiger partial charge in [-0.3, -0.25) is 9.59 Å². The molecular weight excluding hydrogens is 346 g/mol. The summed E-state index contributed by atoms with van der Waals surface area (Å²) in [6.45, 7) is 6.13. The van der Waals surface area contributed by atoms with Gasteiger partial charge >= 0.3 is 37.9 Å². The third kappa shape index (κ3) is 47.6. The van der Waals surface area contributed by atoms with Crippen LogP contribution in [0.25, 0.3) is 0 Å². The average molecular weight is 366 g/mol. The molecular formula is C10H20Cl2O4Zr. The maximum absolute atomic E-state index is 10.1. The van der Waals surface area contributed by atoms with Crippen molar-refractivity contribution in [2.45, 2.75) is 52.7 Å². The van der Waals surface area contributed by atoms with Crippen molar-refractivity contribution in [2.24, 2.45) is 0 Å². The molecule has 2 unspecified atom stereocenters. The summed E-state index contributed by atoms with van der Waals surface area (Å²) < 4.78 is 0. The molecule has 0 saturated heterocycles. The van der Waals surface area contributed by atoms with E-state index < -0.39 is 33.1 Å². The van der Waals surface area contributed by atoms with Gasteiger partial charge in [-0.1, -0.05) is 0 Å². The second-order valence-corrected chi connectivity index (χ2v) is 7.31. The van der Waals surface area contributed by atoms with Crippen molar-refractivity contribution in [1.29, 1.82) is 0 Å². The molecule has 0 amide bonds. The minimum atomic E-state index is -0.826. The van der Waals surface area contributed by atoms with Crippen LogP contribution >= 0.6 is 17.0 Å². The Balaban J connectivity index is -0.000000188. The third-order valence-electron chi connectivity index (χ3n) is 1.17. The summed E-state index contributed by atoms with van der Waals surface area (Å²) in [6, 6.07) is 0. The van der Waals surface area contributed by atoms with E-state index in [2.05, 4.69) is 0 Å². The SMILES string of the molecule is CC(=O)CC(C)O.CC(=O)CC(C)O.[Cl][Zr][Cl]. The summed E-state index contributed by atoms with van der Waals surface area (Å²) in [7, 11) is 9.87. The van der Waals surface area contributed by atoms with Gasteiger partial charge in [0, 0.05) is 12.8 Å². The fourth-order valence-corrected chi connectivity index (χ4v) is 0.832. The van der Waals surface area contributed by atoms with Gasteiger partial charge in [-0.2, -0.15) is 0 Å². The fraction of sp³-hybridized carbons (Fsp3) is 0.800. The van der Waals surface area contributed by atoms with Crippen LogP contribution in [0, 0.1) is 0 Å². The summed E-state index contributed by atoms with van der Waals surface area (Å²) in [5.41, 5.74) is 0. The summed E-state index contributed by atoms with van der Waals surface area (Å²) in [4.78, 5) is 20.2. The Morgan fingerprint density at radius 2 is 1.18 bits per heavy atom. The first-order valence-corrected chi connectivity index (χ1v) is 11.3. The zero-order valence-electron chi connectivity index (χ0n) is 10.5. The summed E-state index contributed by atoms with van der Waals surface area (Å²) in [5.74, 6) is 0.0741. The summed E-state index contributed by atoms with van der Waals surface area (Å²) in [6.07, 6.45) is -0.394. The van der Waals surface area contributed by atoms with E-state index in [4.69, 9.17) is 27.2 Å². The number of hydrogen-bond donors (Lipinski definition) is 2. The molecule has 17 heavy (non-hydrogen) atoms. The Labute approximate surface area is 121 Å². The Morgan fingerprint density at radius 1 is 1.00 bits per heavy atom. The second-order valence-electron chi connectivity index (χ2n) is 3.58. The summed E-state index contributed by atoms with van der Waals surface area (Å²) in [5, 5.41) is 17.0. The molecule has 2 atom stereocenters. The molecule has 0 aromatic rings. The standard InChI is InChI=1S/2C5H10O2.2ClH.Zr/c2*1-4(6)3-5(2)7;;;/h2*4,6H,3H2,1-2H3;2*1H;/q;;;;+2/p-2. The molecule has 2 N–H and O–H groups in total. The van der Waals surface area contributed by atoms with Crippen LogP contribution in [0.2, 0.25) is 0 Å². The maximum atomic E-state index is 10.1. The first-order chi connectivity index (χ1) is 7.67. The van der Waals surface area contributed by atoms with E-state index in [0.717, 1.165) is 0 Å². The van der Waals surface area contributed by atoms with Gasteiger partial charge in [-0.05, 0) is 27.7 Å². The van der Waals surface area contributed by atoms with Gasteiger partial charge in [0.2, 0.25) is 0 Å². The molecule has 102 valence electrons. The monoisotopic (exact) mass is 364 g/mol. The number of hydrogen-bond acceptors (Lipinski definition) is 4. The number of Topliss-reactive ketones (excluding diaryl/α,β-unsaturated/α-hetero) is 2. The molecule has 0 fully saturated rings. The van der Waals surface area contributed by atoms with Crippen molar-refractivity contribution < 1.29 is 40.7 Å². The van der Waals surface area contributed by atoms with Gasteiger partial charge in [-0.25, -0.2) is 0 Å². The summed E-state index contributed by atoms with van der Waals surface area (Å²) >= 11 is -0.826. The first-order valence-electron chi connectivity index (χ1n) is 4.98. The average Bonchev–Trinajstić information content (AvgIpc) is 1.99. The van der Waals surface area contributed by atoms with Crippen LogP contribution in [0.4, 0.5) is 0 Å². The van der Waals surface area contributed by atoms with Gasteiger partial charge < -0.3 is 10.2 Å². The molecule has 0 aliphatic rings. The third-order valence-corrected chi connectivity index (χ3v) is 1.17. The molecule has 0 rings (SSSR count). The fourth-order valence-electron chi connectivity index (χ4n) is 0.832. The molecule has 0 aliphatic carbocycles. The number of aliphatic hydroxyl groups excluding tert-OH is 2. The Bertz CT molecular complexity index is 179. The van der Waals surface area contributed by atoms with Crippen LogP contribution in [0.5, 0.6) is 0 Å². The number of carbonyl (C=O) groups is 2. The van der Waals surface area contributed by atoms with Crippen LogP contribution in [0.1, 0.15) is 40.5 Å². The molecule has 0 saturated carbocycles. The number of halogens is 2. The van der Waals surface area contributed by atoms with E-state index in [1.165, 1.54) is 13.8 Å². The van der Waals surface area contributed by atoms with Crippen LogP contribution in [0.3, 0.4) is 0 Å². The first kappa shape index (κ1) is 22.9. The van der Waals surface area contributed by atoms with Crippen LogP contribution < -0.4 is 0 Å². The topological polar surface area (TPSA) is 74.6 Å². The Kier molecular flexibility index (Phi) is 22.5. The Hall–Kier alpha value is 0.723. The van der Waals surface area contributed by atoms with Crippen LogP contribution in [0.15, 0.2) is 0 Å². The quantitative estimate of drug-likeness (QED) is 0.799. The van der Waals surface area contributed by atoms with Crippen molar-refractivity contribution in [3.05, 3.63) is 0 Å². The zero-order chi connectivity index (χ0) is 14.4. The van der Waals surface area contributed by atoms with Crippen LogP contribution in [-0.4, -0.2) is 34.0 Å². The number of rotatable bonds is 4. The van der Waals surface area contributed by atoms with Crippen molar-refractivity contribution in [2.75, 3.05) is 0 Å². The molecule has 0 aromatic heterocycles. The number of ketones is 2. The molecule has 0 aromatic carbocycles. The van der Waals surface area contributed by atoms with E-state index in [9.17, 15) is 9.59 Å². The van der Waals surface area contributed by atoms with Gasteiger partial charge in [0.15, 0.2) is 0 Å². The van der Waals surface area contributed by atoms with Gasteiger partial charge in [-0.15, -0.1) is 0 Å².